The van der Waals surface area contributed by atoms with Crippen LogP contribution >= 0.6 is 11.8 Å². The van der Waals surface area contributed by atoms with Crippen LogP contribution in [0.4, 0.5) is 5.69 Å². The number of fused-ring (bicyclic) bond motifs is 1. The fraction of sp³-hybridized carbons (Fsp3) is 0.579. The van der Waals surface area contributed by atoms with Crippen molar-refractivity contribution < 1.29 is 19.1 Å². The van der Waals surface area contributed by atoms with Crippen molar-refractivity contribution >= 4 is 35.2 Å². The Kier molecular flexibility index (Phi) is 6.04. The molecule has 2 aliphatic heterocycles. The van der Waals surface area contributed by atoms with Gasteiger partial charge in [0.1, 0.15) is 11.6 Å². The van der Waals surface area contributed by atoms with Crippen molar-refractivity contribution in [1.29, 1.82) is 0 Å². The molecule has 0 bridgehead atoms. The Morgan fingerprint density at radius 2 is 2.00 bits per heavy atom. The van der Waals surface area contributed by atoms with Gasteiger partial charge in [-0.3, -0.25) is 19.3 Å². The molecule has 3 heterocycles. The van der Waals surface area contributed by atoms with Crippen molar-refractivity contribution in [3.05, 3.63) is 17.3 Å². The van der Waals surface area contributed by atoms with Crippen molar-refractivity contribution in [1.82, 2.24) is 9.88 Å². The van der Waals surface area contributed by atoms with Crippen LogP contribution in [0.2, 0.25) is 0 Å². The maximum Gasteiger partial charge on any atom is 0.309 e. The van der Waals surface area contributed by atoms with E-state index in [-0.39, 0.29) is 30.2 Å². The van der Waals surface area contributed by atoms with Crippen LogP contribution in [-0.2, 0) is 19.1 Å². The Labute approximate surface area is 163 Å². The average molecular weight is 391 g/mol. The van der Waals surface area contributed by atoms with Crippen LogP contribution in [0.25, 0.3) is 0 Å². The lowest BCUT2D eigenvalue weighted by molar-refractivity contribution is -0.151. The number of rotatable bonds is 4. The summed E-state index contributed by atoms with van der Waals surface area (Å²) in [7, 11) is 0. The van der Waals surface area contributed by atoms with Crippen LogP contribution in [0.1, 0.15) is 31.0 Å². The molecule has 3 rings (SSSR count). The maximum atomic E-state index is 12.8. The molecule has 146 valence electrons. The van der Waals surface area contributed by atoms with Crippen molar-refractivity contribution in [3.63, 3.8) is 0 Å². The lowest BCUT2D eigenvalue weighted by Gasteiger charge is -2.34. The summed E-state index contributed by atoms with van der Waals surface area (Å²) >= 11 is 1.42. The van der Waals surface area contributed by atoms with E-state index >= 15 is 0 Å². The molecular formula is C19H25N3O4S. The molecule has 27 heavy (non-hydrogen) atoms. The van der Waals surface area contributed by atoms with Gasteiger partial charge in [0.05, 0.1) is 24.0 Å². The van der Waals surface area contributed by atoms with Crippen molar-refractivity contribution in [2.24, 2.45) is 5.92 Å². The van der Waals surface area contributed by atoms with E-state index in [1.807, 2.05) is 19.9 Å². The molecule has 2 aliphatic rings. The van der Waals surface area contributed by atoms with E-state index in [0.29, 0.717) is 38.3 Å². The molecule has 0 aromatic carbocycles. The van der Waals surface area contributed by atoms with Crippen LogP contribution in [-0.4, -0.2) is 59.7 Å². The Bertz CT molecular complexity index is 760. The normalized spacial score (nSPS) is 17.7. The van der Waals surface area contributed by atoms with Gasteiger partial charge < -0.3 is 9.64 Å². The van der Waals surface area contributed by atoms with E-state index in [1.54, 1.807) is 16.7 Å². The number of nitrogens with zero attached hydrogens (tertiary/aromatic N) is 3. The predicted molar refractivity (Wildman–Crippen MR) is 103 cm³/mol. The number of thioether (sulfide) groups is 1. The van der Waals surface area contributed by atoms with Gasteiger partial charge in [0.25, 0.3) is 0 Å². The predicted octanol–water partition coefficient (Wildman–Crippen LogP) is 1.94. The Hall–Kier alpha value is -2.09. The zero-order valence-corrected chi connectivity index (χ0v) is 16.8. The summed E-state index contributed by atoms with van der Waals surface area (Å²) in [5.74, 6) is -0.198. The molecule has 2 amide bonds. The molecule has 0 radical (unpaired) electrons. The van der Waals surface area contributed by atoms with Gasteiger partial charge in [-0.25, -0.2) is 4.98 Å². The van der Waals surface area contributed by atoms with Gasteiger partial charge in [0, 0.05) is 18.8 Å². The molecule has 0 N–H and O–H groups in total. The second-order valence-corrected chi connectivity index (χ2v) is 7.87. The minimum Gasteiger partial charge on any atom is -0.466 e. The summed E-state index contributed by atoms with van der Waals surface area (Å²) in [6.07, 6.45) is 1.20. The van der Waals surface area contributed by atoms with E-state index in [1.165, 1.54) is 11.8 Å². The first-order valence-corrected chi connectivity index (χ1v) is 10.2. The minimum atomic E-state index is -0.182. The van der Waals surface area contributed by atoms with E-state index in [9.17, 15) is 14.4 Å². The van der Waals surface area contributed by atoms with Crippen LogP contribution in [0, 0.1) is 19.8 Å². The highest BCUT2D eigenvalue weighted by Gasteiger charge is 2.33. The largest absolute Gasteiger partial charge is 0.466 e. The third-order valence-corrected chi connectivity index (χ3v) is 5.89. The quantitative estimate of drug-likeness (QED) is 0.730. The zero-order chi connectivity index (χ0) is 19.6. The number of hydrogen-bond donors (Lipinski definition) is 0. The fourth-order valence-corrected chi connectivity index (χ4v) is 4.62. The number of aromatic nitrogens is 1. The molecule has 7 nitrogen and oxygen atoms in total. The smallest absolute Gasteiger partial charge is 0.309 e. The van der Waals surface area contributed by atoms with Gasteiger partial charge in [-0.2, -0.15) is 0 Å². The second-order valence-electron chi connectivity index (χ2n) is 6.91. The summed E-state index contributed by atoms with van der Waals surface area (Å²) in [5, 5.41) is 0.806. The highest BCUT2D eigenvalue weighted by molar-refractivity contribution is 8.00. The summed E-state index contributed by atoms with van der Waals surface area (Å²) < 4.78 is 5.07. The third-order valence-electron chi connectivity index (χ3n) is 4.94. The molecule has 1 fully saturated rings. The van der Waals surface area contributed by atoms with E-state index < -0.39 is 0 Å². The van der Waals surface area contributed by atoms with Gasteiger partial charge >= 0.3 is 5.97 Å². The first-order valence-electron chi connectivity index (χ1n) is 9.26. The Morgan fingerprint density at radius 1 is 1.30 bits per heavy atom. The number of carbonyl (C=O) groups is 3. The number of amides is 2. The molecule has 1 saturated heterocycles. The van der Waals surface area contributed by atoms with Crippen molar-refractivity contribution in [2.45, 2.75) is 38.6 Å². The maximum absolute atomic E-state index is 12.8. The van der Waals surface area contributed by atoms with Gasteiger partial charge in [-0.15, -0.1) is 0 Å². The lowest BCUT2D eigenvalue weighted by Crippen LogP contribution is -2.48. The first-order chi connectivity index (χ1) is 12.9. The van der Waals surface area contributed by atoms with Crippen LogP contribution in [0.3, 0.4) is 0 Å². The van der Waals surface area contributed by atoms with Crippen LogP contribution in [0.5, 0.6) is 0 Å². The average Bonchev–Trinajstić information content (AvgIpc) is 2.64. The molecule has 0 unspecified atom stereocenters. The summed E-state index contributed by atoms with van der Waals surface area (Å²) in [5.41, 5.74) is 2.60. The van der Waals surface area contributed by atoms with E-state index in [2.05, 4.69) is 4.98 Å². The Morgan fingerprint density at radius 3 is 2.67 bits per heavy atom. The molecule has 0 aliphatic carbocycles. The molecular weight excluding hydrogens is 366 g/mol. The van der Waals surface area contributed by atoms with Crippen molar-refractivity contribution in [3.8, 4) is 0 Å². The van der Waals surface area contributed by atoms with Gasteiger partial charge in [-0.05, 0) is 45.2 Å². The lowest BCUT2D eigenvalue weighted by atomic mass is 9.97. The minimum absolute atomic E-state index is 0.0159. The number of piperidine rings is 1. The number of hydrogen-bond acceptors (Lipinski definition) is 6. The third kappa shape index (κ3) is 4.26. The van der Waals surface area contributed by atoms with Gasteiger partial charge in [0.15, 0.2) is 0 Å². The fourth-order valence-electron chi connectivity index (χ4n) is 3.58. The number of ether oxygens (including phenoxy) is 1. The topological polar surface area (TPSA) is 79.8 Å². The number of esters is 1. The number of aryl methyl sites for hydroxylation is 2. The number of carbonyl (C=O) groups excluding carboxylic acids is 3. The molecule has 8 heteroatoms. The Balaban J connectivity index is 1.67. The van der Waals surface area contributed by atoms with E-state index in [4.69, 9.17) is 4.74 Å². The SMILES string of the molecule is CCOC(=O)C1CCN(C(=O)CN2C(=O)CSc3nc(C)cc(C)c32)CC1. The van der Waals surface area contributed by atoms with Gasteiger partial charge in [-0.1, -0.05) is 11.8 Å². The van der Waals surface area contributed by atoms with Crippen LogP contribution in [0.15, 0.2) is 11.1 Å². The highest BCUT2D eigenvalue weighted by Crippen LogP contribution is 2.36. The molecule has 0 saturated carbocycles. The number of likely N-dealkylation sites (tertiary alicyclic amines) is 1. The standard InChI is InChI=1S/C19H25N3O4S/c1-4-26-19(25)14-5-7-21(8-6-14)15(23)10-22-16(24)11-27-18-17(22)12(2)9-13(3)20-18/h9,14H,4-8,10-11H2,1-3H3. The molecule has 0 spiro atoms. The molecule has 1 aromatic rings. The summed E-state index contributed by atoms with van der Waals surface area (Å²) in [6.45, 7) is 7.07. The van der Waals surface area contributed by atoms with Crippen molar-refractivity contribution in [2.75, 3.05) is 36.9 Å². The number of pyridine rings is 1. The first kappa shape index (κ1) is 19.7. The zero-order valence-electron chi connectivity index (χ0n) is 16.0. The summed E-state index contributed by atoms with van der Waals surface area (Å²) in [6, 6.07) is 1.93. The molecule has 0 atom stereocenters. The summed E-state index contributed by atoms with van der Waals surface area (Å²) in [4.78, 5) is 44.9. The number of anilines is 1. The monoisotopic (exact) mass is 391 g/mol. The van der Waals surface area contributed by atoms with Gasteiger partial charge in [0.2, 0.25) is 11.8 Å². The second kappa shape index (κ2) is 8.29. The highest BCUT2D eigenvalue weighted by atomic mass is 32.2. The van der Waals surface area contributed by atoms with E-state index in [0.717, 1.165) is 22.0 Å². The molecule has 1 aromatic heterocycles. The van der Waals surface area contributed by atoms with Crippen LogP contribution < -0.4 is 4.90 Å².